The minimum Gasteiger partial charge on any atom is -0.316 e. The molecule has 0 amide bonds. The van der Waals surface area contributed by atoms with Gasteiger partial charge in [0.1, 0.15) is 4.90 Å². The summed E-state index contributed by atoms with van der Waals surface area (Å²) in [6.07, 6.45) is 3.11. The highest BCUT2D eigenvalue weighted by molar-refractivity contribution is 7.92. The van der Waals surface area contributed by atoms with Crippen LogP contribution in [0.5, 0.6) is 0 Å². The third-order valence-corrected chi connectivity index (χ3v) is 4.66. The molecule has 0 unspecified atom stereocenters. The fourth-order valence-electron chi connectivity index (χ4n) is 1.89. The molecular weight excluding hydrogens is 310 g/mol. The van der Waals surface area contributed by atoms with Crippen molar-refractivity contribution in [3.05, 3.63) is 52.8 Å². The first-order valence-corrected chi connectivity index (χ1v) is 8.16. The summed E-state index contributed by atoms with van der Waals surface area (Å²) in [5.41, 5.74) is 2.11. The van der Waals surface area contributed by atoms with Crippen molar-refractivity contribution in [2.24, 2.45) is 0 Å². The van der Waals surface area contributed by atoms with Gasteiger partial charge in [-0.05, 0) is 43.3 Å². The van der Waals surface area contributed by atoms with Gasteiger partial charge < -0.3 is 5.32 Å². The molecule has 1 aromatic heterocycles. The molecule has 1 aromatic carbocycles. The standard InChI is InChI=1S/C14H16ClN3O2S/c1-10-5-12(9-17-7-10)18-21(19,20)14-6-11(8-16-2)3-4-13(14)15/h3-7,9,16,18H,8H2,1-2H3. The summed E-state index contributed by atoms with van der Waals surface area (Å²) in [6.45, 7) is 2.40. The largest absolute Gasteiger partial charge is 0.316 e. The molecule has 7 heteroatoms. The van der Waals surface area contributed by atoms with Gasteiger partial charge in [-0.25, -0.2) is 8.42 Å². The van der Waals surface area contributed by atoms with Crippen LogP contribution in [-0.4, -0.2) is 20.4 Å². The highest BCUT2D eigenvalue weighted by atomic mass is 35.5. The summed E-state index contributed by atoms with van der Waals surface area (Å²) >= 11 is 6.02. The van der Waals surface area contributed by atoms with E-state index in [-0.39, 0.29) is 9.92 Å². The van der Waals surface area contributed by atoms with Gasteiger partial charge in [-0.1, -0.05) is 17.7 Å². The maximum Gasteiger partial charge on any atom is 0.263 e. The van der Waals surface area contributed by atoms with E-state index in [4.69, 9.17) is 11.6 Å². The van der Waals surface area contributed by atoms with Crippen LogP contribution < -0.4 is 10.0 Å². The predicted octanol–water partition coefficient (Wildman–Crippen LogP) is 2.56. The summed E-state index contributed by atoms with van der Waals surface area (Å²) < 4.78 is 27.4. The lowest BCUT2D eigenvalue weighted by molar-refractivity contribution is 0.601. The molecule has 2 rings (SSSR count). The molecule has 0 radical (unpaired) electrons. The Morgan fingerprint density at radius 1 is 1.24 bits per heavy atom. The van der Waals surface area contributed by atoms with E-state index in [9.17, 15) is 8.42 Å². The van der Waals surface area contributed by atoms with Crippen molar-refractivity contribution in [1.29, 1.82) is 0 Å². The molecule has 0 spiro atoms. The molecule has 21 heavy (non-hydrogen) atoms. The van der Waals surface area contributed by atoms with Gasteiger partial charge in [0.2, 0.25) is 0 Å². The van der Waals surface area contributed by atoms with E-state index in [2.05, 4.69) is 15.0 Å². The number of halogens is 1. The van der Waals surface area contributed by atoms with Gasteiger partial charge in [0.15, 0.2) is 0 Å². The SMILES string of the molecule is CNCc1ccc(Cl)c(S(=O)(=O)Nc2cncc(C)c2)c1. The molecular formula is C14H16ClN3O2S. The normalized spacial score (nSPS) is 11.4. The molecule has 2 N–H and O–H groups in total. The average Bonchev–Trinajstić information content (AvgIpc) is 2.40. The highest BCUT2D eigenvalue weighted by Gasteiger charge is 2.18. The van der Waals surface area contributed by atoms with Crippen LogP contribution in [0.4, 0.5) is 5.69 Å². The van der Waals surface area contributed by atoms with Crippen LogP contribution in [0.1, 0.15) is 11.1 Å². The smallest absolute Gasteiger partial charge is 0.263 e. The lowest BCUT2D eigenvalue weighted by Gasteiger charge is -2.11. The van der Waals surface area contributed by atoms with Crippen molar-refractivity contribution in [2.75, 3.05) is 11.8 Å². The Labute approximate surface area is 129 Å². The highest BCUT2D eigenvalue weighted by Crippen LogP contribution is 2.25. The van der Waals surface area contributed by atoms with E-state index in [1.54, 1.807) is 37.5 Å². The Balaban J connectivity index is 2.37. The molecule has 0 saturated carbocycles. The number of hydrogen-bond donors (Lipinski definition) is 2. The lowest BCUT2D eigenvalue weighted by Crippen LogP contribution is -2.15. The molecule has 0 aliphatic heterocycles. The van der Waals surface area contributed by atoms with Gasteiger partial charge in [-0.3, -0.25) is 9.71 Å². The summed E-state index contributed by atoms with van der Waals surface area (Å²) in [5.74, 6) is 0. The number of pyridine rings is 1. The molecule has 0 bridgehead atoms. The second-order valence-electron chi connectivity index (χ2n) is 4.65. The molecule has 2 aromatic rings. The van der Waals surface area contributed by atoms with E-state index >= 15 is 0 Å². The van der Waals surface area contributed by atoms with Crippen molar-refractivity contribution < 1.29 is 8.42 Å². The monoisotopic (exact) mass is 325 g/mol. The minimum atomic E-state index is -3.75. The first-order valence-electron chi connectivity index (χ1n) is 6.30. The maximum atomic E-state index is 12.4. The summed E-state index contributed by atoms with van der Waals surface area (Å²) in [7, 11) is -1.96. The van der Waals surface area contributed by atoms with Crippen LogP contribution in [-0.2, 0) is 16.6 Å². The third kappa shape index (κ3) is 3.93. The van der Waals surface area contributed by atoms with Crippen LogP contribution in [0, 0.1) is 6.92 Å². The van der Waals surface area contributed by atoms with E-state index < -0.39 is 10.0 Å². The number of aromatic nitrogens is 1. The number of hydrogen-bond acceptors (Lipinski definition) is 4. The molecule has 0 saturated heterocycles. The van der Waals surface area contributed by atoms with Crippen LogP contribution in [0.15, 0.2) is 41.6 Å². The van der Waals surface area contributed by atoms with Crippen LogP contribution >= 0.6 is 11.6 Å². The number of nitrogens with zero attached hydrogens (tertiary/aromatic N) is 1. The summed E-state index contributed by atoms with van der Waals surface area (Å²) in [6, 6.07) is 6.63. The predicted molar refractivity (Wildman–Crippen MR) is 84.0 cm³/mol. The zero-order valence-electron chi connectivity index (χ0n) is 11.7. The minimum absolute atomic E-state index is 0.0541. The van der Waals surface area contributed by atoms with E-state index in [1.165, 1.54) is 6.20 Å². The number of anilines is 1. The molecule has 112 valence electrons. The molecule has 0 aliphatic carbocycles. The van der Waals surface area contributed by atoms with Gasteiger partial charge in [0.05, 0.1) is 16.9 Å². The average molecular weight is 326 g/mol. The van der Waals surface area contributed by atoms with Crippen molar-refractivity contribution >= 4 is 27.3 Å². The Bertz CT molecular complexity index is 748. The second-order valence-corrected chi connectivity index (χ2v) is 6.71. The zero-order chi connectivity index (χ0) is 15.5. The first-order chi connectivity index (χ1) is 9.92. The van der Waals surface area contributed by atoms with Crippen LogP contribution in [0.25, 0.3) is 0 Å². The first kappa shape index (κ1) is 15.8. The maximum absolute atomic E-state index is 12.4. The fourth-order valence-corrected chi connectivity index (χ4v) is 3.47. The Kier molecular flexibility index (Phi) is 4.82. The molecule has 5 nitrogen and oxygen atoms in total. The Morgan fingerprint density at radius 3 is 2.67 bits per heavy atom. The summed E-state index contributed by atoms with van der Waals surface area (Å²) in [5, 5.41) is 3.15. The van der Waals surface area contributed by atoms with E-state index in [0.29, 0.717) is 12.2 Å². The Hall–Kier alpha value is -1.63. The fraction of sp³-hybridized carbons (Fsp3) is 0.214. The van der Waals surface area contributed by atoms with Gasteiger partial charge in [-0.15, -0.1) is 0 Å². The number of aryl methyl sites for hydroxylation is 1. The second kappa shape index (κ2) is 6.43. The zero-order valence-corrected chi connectivity index (χ0v) is 13.3. The summed E-state index contributed by atoms with van der Waals surface area (Å²) in [4.78, 5) is 4.02. The molecule has 0 fully saturated rings. The number of sulfonamides is 1. The van der Waals surface area contributed by atoms with Gasteiger partial charge in [-0.2, -0.15) is 0 Å². The quantitative estimate of drug-likeness (QED) is 0.886. The number of rotatable bonds is 5. The van der Waals surface area contributed by atoms with E-state index in [1.807, 2.05) is 6.92 Å². The van der Waals surface area contributed by atoms with Crippen LogP contribution in [0.2, 0.25) is 5.02 Å². The molecule has 0 aliphatic rings. The topological polar surface area (TPSA) is 71.1 Å². The van der Waals surface area contributed by atoms with Crippen molar-refractivity contribution in [3.8, 4) is 0 Å². The lowest BCUT2D eigenvalue weighted by atomic mass is 10.2. The number of nitrogens with one attached hydrogen (secondary N) is 2. The number of benzene rings is 1. The van der Waals surface area contributed by atoms with Crippen molar-refractivity contribution in [3.63, 3.8) is 0 Å². The van der Waals surface area contributed by atoms with Gasteiger partial charge >= 0.3 is 0 Å². The van der Waals surface area contributed by atoms with Crippen LogP contribution in [0.3, 0.4) is 0 Å². The molecule has 1 heterocycles. The van der Waals surface area contributed by atoms with Gasteiger partial charge in [0, 0.05) is 12.7 Å². The molecule has 0 atom stereocenters. The Morgan fingerprint density at radius 2 is 2.00 bits per heavy atom. The van der Waals surface area contributed by atoms with Crippen molar-refractivity contribution in [1.82, 2.24) is 10.3 Å². The van der Waals surface area contributed by atoms with E-state index in [0.717, 1.165) is 11.1 Å². The third-order valence-electron chi connectivity index (χ3n) is 2.79. The van der Waals surface area contributed by atoms with Gasteiger partial charge in [0.25, 0.3) is 10.0 Å². The van der Waals surface area contributed by atoms with Crippen molar-refractivity contribution in [2.45, 2.75) is 18.4 Å².